The number of alkyl carbamates (subject to hydrolysis) is 2. The number of hydrogen-bond acceptors (Lipinski definition) is 34. The summed E-state index contributed by atoms with van der Waals surface area (Å²) in [6, 6.07) is 2.72. The van der Waals surface area contributed by atoms with Gasteiger partial charge in [-0.2, -0.15) is 5.48 Å². The molecular formula is C88H119I2N9O30S3. The van der Waals surface area contributed by atoms with Gasteiger partial charge in [-0.15, -0.1) is 0 Å². The molecule has 728 valence electrons. The highest BCUT2D eigenvalue weighted by Crippen LogP contribution is 2.50. The second kappa shape index (κ2) is 50.5. The van der Waals surface area contributed by atoms with E-state index in [0.717, 1.165) is 18.9 Å². The number of nitrogens with one attached hydrogen (secondary N) is 8. The molecule has 9 amide bonds. The van der Waals surface area contributed by atoms with E-state index < -0.39 is 173 Å². The minimum absolute atomic E-state index is 0.00278. The summed E-state index contributed by atoms with van der Waals surface area (Å²) >= 11 is 4.72. The van der Waals surface area contributed by atoms with Crippen molar-refractivity contribution >= 4 is 149 Å². The average Bonchev–Trinajstić information content (AvgIpc) is 0.957. The fourth-order valence-corrected chi connectivity index (χ4v) is 20.3. The lowest BCUT2D eigenvalue weighted by molar-refractivity contribution is -0.336. The molecule has 22 atom stereocenters. The number of carbonyl (C=O) groups is 11. The molecule has 44 heteroatoms. The van der Waals surface area contributed by atoms with Gasteiger partial charge in [-0.05, 0) is 132 Å². The minimum Gasteiger partial charge on any atom is -0.492 e. The van der Waals surface area contributed by atoms with Crippen molar-refractivity contribution in [1.29, 1.82) is 0 Å². The lowest BCUT2D eigenvalue weighted by Crippen LogP contribution is -2.65. The van der Waals surface area contributed by atoms with Crippen LogP contribution < -0.4 is 56.9 Å². The Labute approximate surface area is 805 Å². The Morgan fingerprint density at radius 3 is 2.13 bits per heavy atom. The molecule has 2 aliphatic carbocycles. The van der Waals surface area contributed by atoms with Gasteiger partial charge in [0.2, 0.25) is 58.5 Å². The zero-order chi connectivity index (χ0) is 96.8. The number of likely N-dealkylation sites (tertiary alicyclic amines) is 1. The van der Waals surface area contributed by atoms with Crippen LogP contribution >= 0.6 is 78.5 Å². The van der Waals surface area contributed by atoms with Crippen molar-refractivity contribution in [3.05, 3.63) is 79.6 Å². The van der Waals surface area contributed by atoms with Gasteiger partial charge in [-0.1, -0.05) is 118 Å². The third kappa shape index (κ3) is 29.0. The van der Waals surface area contributed by atoms with Crippen molar-refractivity contribution in [2.45, 2.75) is 276 Å². The number of anilines is 1. The van der Waals surface area contributed by atoms with Crippen molar-refractivity contribution in [2.75, 3.05) is 72.9 Å². The number of unbranched alkanes of at least 4 members (excludes halogenated alkanes) is 2. The number of aliphatic hydroxyl groups is 5. The number of methoxy groups -OCH3 is 5. The first kappa shape index (κ1) is 108. The summed E-state index contributed by atoms with van der Waals surface area (Å²) < 4.78 is 77.3. The van der Waals surface area contributed by atoms with Gasteiger partial charge in [0.05, 0.1) is 101 Å². The number of amides is 9. The normalized spacial score (nSPS) is 28.7. The first-order valence-corrected chi connectivity index (χ1v) is 48.5. The quantitative estimate of drug-likeness (QED) is 0.00812. The predicted octanol–water partition coefficient (Wildman–Crippen LogP) is 4.75. The molecule has 13 N–H and O–H groups in total. The Balaban J connectivity index is 0.789. The molecule has 132 heavy (non-hydrogen) atoms. The van der Waals surface area contributed by atoms with Crippen molar-refractivity contribution < 1.29 is 145 Å². The van der Waals surface area contributed by atoms with Crippen LogP contribution in [0.3, 0.4) is 0 Å². The number of hydroxylamine groups is 1. The van der Waals surface area contributed by atoms with Crippen LogP contribution in [0.5, 0.6) is 17.2 Å². The number of rotatable bonds is 41. The van der Waals surface area contributed by atoms with Crippen molar-refractivity contribution in [1.82, 2.24) is 42.3 Å². The summed E-state index contributed by atoms with van der Waals surface area (Å²) in [4.78, 5) is 152. The van der Waals surface area contributed by atoms with E-state index in [4.69, 9.17) is 66.4 Å². The maximum Gasteiger partial charge on any atom is 0.411 e. The van der Waals surface area contributed by atoms with Crippen LogP contribution in [0.15, 0.2) is 59.3 Å². The SMILES string of the molecule is COC(=O)NC1=C2/C(=C\CSSC(C)(C)CCC(=O)NCCNC(=O)OCc3ccc(NC(=O)[C@H](C)NC(=O)[C@@H](NC(=O)CCCCCN4C(=O)CC(I)C4=O)C(C)C)cc3)[C@](O)(C#C/C=C\C#C[C@@H]2OC2OC(C)C(NOC3CC(O)C(SC(=O)c4c(C)c(I)c(OC5OC(C)C(O)C(OC)C5O)c(OC)c4OC)C(C)O3)C(O)C2OC2CC(OC)C(NC(C)=O)CO2)CC1=O. The zero-order valence-corrected chi connectivity index (χ0v) is 82.7. The number of hydrogen-bond donors (Lipinski definition) is 13. The van der Waals surface area contributed by atoms with E-state index >= 15 is 0 Å². The molecule has 5 aliphatic heterocycles. The number of imide groups is 1. The standard InChI is InChI=1S/C88H119I2N9O30S3/c1-43(2)67(96-60(104)24-20-18-22-35-99-61(105)37-53(89)81(99)111)80(110)93-45(4)79(109)95-51-27-25-50(26-28-51)41-122-85(113)92-34-33-91-59(103)29-32-87(9,10)132-130-36-30-52-65-57(23-19-16-17-21-31-88(52,115)40-56(102)69(65)97-86(114)120-15)126-84-76(127-62-39-58(116-11)54(42-121-62)94-49(8)100)71(107)68(46(5)124-84)98-129-63-38-55(101)78(48(7)123-63)131-82(112)64-44(3)66(90)74(77(119-14)73(64)117-12)128-83-72(108)75(118-13)70(106)47(6)125-83/h16-17,25-28,30,43,45-48,53-55,57-58,62-63,67-68,70-72,75-76,78,83-84,98,101,106-108,115H,18,20,22,24,29,32-42H2,1-15H3,(H,91,103)(H,92,113)(H,93,110)(H,94,100)(H,95,109)(H,96,104)(H,97,114)/b17-16-,52-30+/t45-,46?,47?,48?,53?,54?,55?,57-,58?,62?,63?,67-,68?,70?,71?,72?,75?,76?,78?,83?,84?,88-/m0/s1. The van der Waals surface area contributed by atoms with Gasteiger partial charge in [-0.3, -0.25) is 58.2 Å². The highest BCUT2D eigenvalue weighted by Gasteiger charge is 2.53. The number of benzene rings is 2. The van der Waals surface area contributed by atoms with Crippen LogP contribution in [0, 0.1) is 40.1 Å². The Morgan fingerprint density at radius 2 is 1.47 bits per heavy atom. The maximum absolute atomic E-state index is 14.6. The lowest BCUT2D eigenvalue weighted by atomic mass is 9.75. The first-order valence-electron chi connectivity index (χ1n) is 43.0. The minimum atomic E-state index is -2.25. The summed E-state index contributed by atoms with van der Waals surface area (Å²) in [5.74, 6) is 8.05. The van der Waals surface area contributed by atoms with Crippen LogP contribution in [0.2, 0.25) is 0 Å². The molecule has 0 radical (unpaired) electrons. The monoisotopic (exact) mass is 2130 g/mol. The third-order valence-electron chi connectivity index (χ3n) is 22.6. The molecule has 0 aromatic heterocycles. The molecule has 2 bridgehead atoms. The molecule has 7 aliphatic rings. The van der Waals surface area contributed by atoms with Crippen molar-refractivity contribution in [2.24, 2.45) is 5.92 Å². The van der Waals surface area contributed by atoms with Gasteiger partial charge in [0.1, 0.15) is 55.3 Å². The molecule has 5 saturated heterocycles. The Hall–Kier alpha value is -7.54. The van der Waals surface area contributed by atoms with Gasteiger partial charge in [0.15, 0.2) is 41.8 Å². The van der Waals surface area contributed by atoms with Gasteiger partial charge in [0.25, 0.3) is 0 Å². The Bertz CT molecular complexity index is 4670. The van der Waals surface area contributed by atoms with Crippen LogP contribution in [-0.2, 0) is 97.2 Å². The predicted molar refractivity (Wildman–Crippen MR) is 498 cm³/mol. The van der Waals surface area contributed by atoms with Crippen LogP contribution in [0.25, 0.3) is 0 Å². The molecule has 0 saturated carbocycles. The highest BCUT2D eigenvalue weighted by atomic mass is 127. The van der Waals surface area contributed by atoms with Crippen molar-refractivity contribution in [3.63, 3.8) is 0 Å². The number of carbonyl (C=O) groups excluding carboxylic acids is 11. The van der Waals surface area contributed by atoms with Gasteiger partial charge < -0.3 is 119 Å². The molecule has 9 rings (SSSR count). The largest absolute Gasteiger partial charge is 0.492 e. The van der Waals surface area contributed by atoms with Gasteiger partial charge >= 0.3 is 12.2 Å². The van der Waals surface area contributed by atoms with Crippen molar-refractivity contribution in [3.8, 4) is 40.9 Å². The molecule has 2 aromatic carbocycles. The molecule has 0 spiro atoms. The summed E-state index contributed by atoms with van der Waals surface area (Å²) in [6.45, 7) is 16.9. The maximum atomic E-state index is 14.6. The molecule has 5 fully saturated rings. The smallest absolute Gasteiger partial charge is 0.411 e. The number of Topliss-reactive ketones (excluding diaryl/α,β-unsaturated/α-hetero) is 1. The molecule has 5 heterocycles. The van der Waals surface area contributed by atoms with Gasteiger partial charge in [0, 0.05) is 100 Å². The fraction of sp³-hybridized carbons (Fsp3) is 0.625. The van der Waals surface area contributed by atoms with Crippen LogP contribution in [0.1, 0.15) is 148 Å². The number of alkyl halides is 1. The summed E-state index contributed by atoms with van der Waals surface area (Å²) in [5.41, 5.74) is 1.56. The molecular weight excluding hydrogens is 2010 g/mol. The van der Waals surface area contributed by atoms with Crippen LogP contribution in [-0.4, -0.2) is 298 Å². The Morgan fingerprint density at radius 1 is 0.765 bits per heavy atom. The number of aliphatic hydroxyl groups excluding tert-OH is 4. The number of halogens is 2. The summed E-state index contributed by atoms with van der Waals surface area (Å²) in [5, 5.41) is 76.6. The van der Waals surface area contributed by atoms with E-state index in [1.54, 1.807) is 71.9 Å². The molecule has 2 aromatic rings. The summed E-state index contributed by atoms with van der Waals surface area (Å²) in [6.07, 6.45) is -14.6. The first-order chi connectivity index (χ1) is 62.6. The number of allylic oxidation sites excluding steroid dienone is 3. The van der Waals surface area contributed by atoms with E-state index in [-0.39, 0.29) is 143 Å². The molecule has 39 nitrogen and oxygen atoms in total. The topological polar surface area (TPSA) is 518 Å². The third-order valence-corrected chi connectivity index (χ3v) is 29.5. The second-order valence-corrected chi connectivity index (χ2v) is 40.0. The Kier molecular flexibility index (Phi) is 41.4. The van der Waals surface area contributed by atoms with E-state index in [1.807, 2.05) is 59.0 Å². The number of nitrogens with zero attached hydrogens (tertiary/aromatic N) is 1. The number of ether oxygens (including phenoxy) is 13. The number of fused-ring (bicyclic) bond motifs is 2. The van der Waals surface area contributed by atoms with E-state index in [2.05, 4.69) is 66.4 Å². The van der Waals surface area contributed by atoms with E-state index in [9.17, 15) is 78.3 Å². The average molecular weight is 2130 g/mol. The number of thioether (sulfide) groups is 1. The summed E-state index contributed by atoms with van der Waals surface area (Å²) in [7, 11) is 9.28. The zero-order valence-electron chi connectivity index (χ0n) is 75.9. The lowest BCUT2D eigenvalue weighted by Gasteiger charge is -2.46. The van der Waals surface area contributed by atoms with E-state index in [1.165, 1.54) is 80.9 Å². The van der Waals surface area contributed by atoms with E-state index in [0.29, 0.717) is 52.6 Å². The van der Waals surface area contributed by atoms with Gasteiger partial charge in [-0.25, -0.2) is 9.59 Å². The molecule has 18 unspecified atom stereocenters. The number of ketones is 1. The van der Waals surface area contributed by atoms with Crippen LogP contribution in [0.4, 0.5) is 15.3 Å². The fourth-order valence-electron chi connectivity index (χ4n) is 15.4. The second-order valence-electron chi connectivity index (χ2n) is 33.2. The highest BCUT2D eigenvalue weighted by molar-refractivity contribution is 14.1.